The van der Waals surface area contributed by atoms with Crippen molar-refractivity contribution in [3.63, 3.8) is 0 Å². The molecule has 0 unspecified atom stereocenters. The molecule has 0 spiro atoms. The van der Waals surface area contributed by atoms with Gasteiger partial charge in [0.25, 0.3) is 0 Å². The van der Waals surface area contributed by atoms with E-state index in [0.29, 0.717) is 0 Å². The van der Waals surface area contributed by atoms with Crippen molar-refractivity contribution in [3.05, 3.63) is 243 Å². The number of benzene rings is 13. The van der Waals surface area contributed by atoms with Crippen LogP contribution in [0.1, 0.15) is 0 Å². The first-order valence-electron chi connectivity index (χ1n) is 23.9. The lowest BCUT2D eigenvalue weighted by atomic mass is 9.99. The van der Waals surface area contributed by atoms with Crippen LogP contribution in [0.25, 0.3) is 109 Å². The minimum absolute atomic E-state index is 0.806. The summed E-state index contributed by atoms with van der Waals surface area (Å²) in [5, 5.41) is 18.5. The predicted molar refractivity (Wildman–Crippen MR) is 295 cm³/mol. The van der Waals surface area contributed by atoms with E-state index in [4.69, 9.17) is 8.83 Å². The number of rotatable bonds is 6. The molecule has 0 bridgehead atoms. The van der Waals surface area contributed by atoms with Crippen LogP contribution in [0.2, 0.25) is 0 Å². The second kappa shape index (κ2) is 15.1. The van der Waals surface area contributed by atoms with Crippen LogP contribution in [-0.2, 0) is 0 Å². The first-order chi connectivity index (χ1) is 34.7. The van der Waals surface area contributed by atoms with Crippen LogP contribution < -0.4 is 9.80 Å². The standard InChI is InChI=1S/C66H40N2O2/c1-3-15-45(16-4-1)67(61-23-11-21-53-49-19-9-7-13-41(49)25-31-55(53)61)47-29-35-51-43(37-47)27-33-57-59-39-60-58-34-28-44-38-48(30-36-52(44)66(58)70-64(60)40-63(59)69-65(51)57)68(46-17-5-2-6-18-46)62-24-12-22-54-50-20-10-8-14-42(50)26-32-56(54)62/h1-40H. The Morgan fingerprint density at radius 1 is 0.214 bits per heavy atom. The Hall–Kier alpha value is -9.38. The van der Waals surface area contributed by atoms with Crippen molar-refractivity contribution in [2.75, 3.05) is 9.80 Å². The SMILES string of the molecule is c1ccc(N(c2ccc3c(ccc4c5cc6c(cc5oc34)oc3c4ccc(N(c5ccccc5)c5cccc7c5ccc5ccccc57)cc4ccc63)c2)c2cccc3c2ccc2ccccc23)cc1. The summed E-state index contributed by atoms with van der Waals surface area (Å²) in [6, 6.07) is 87.5. The summed E-state index contributed by atoms with van der Waals surface area (Å²) in [7, 11) is 0. The van der Waals surface area contributed by atoms with Crippen molar-refractivity contribution in [1.29, 1.82) is 0 Å². The highest BCUT2D eigenvalue weighted by Gasteiger charge is 2.21. The number of hydrogen-bond acceptors (Lipinski definition) is 4. The molecule has 4 heteroatoms. The van der Waals surface area contributed by atoms with Crippen molar-refractivity contribution in [2.24, 2.45) is 0 Å². The van der Waals surface area contributed by atoms with Crippen LogP contribution in [0.4, 0.5) is 34.1 Å². The van der Waals surface area contributed by atoms with Crippen molar-refractivity contribution < 1.29 is 8.83 Å². The van der Waals surface area contributed by atoms with Crippen molar-refractivity contribution >= 4 is 143 Å². The Morgan fingerprint density at radius 2 is 0.614 bits per heavy atom. The summed E-state index contributed by atoms with van der Waals surface area (Å²) in [6.07, 6.45) is 0. The molecule has 0 aliphatic rings. The predicted octanol–water partition coefficient (Wildman–Crippen LogP) is 19.3. The third kappa shape index (κ3) is 5.84. The molecule has 15 rings (SSSR count). The molecule has 0 fully saturated rings. The van der Waals surface area contributed by atoms with E-state index in [1.807, 2.05) is 0 Å². The number of para-hydroxylation sites is 2. The molecule has 0 amide bonds. The van der Waals surface area contributed by atoms with Gasteiger partial charge in [0.2, 0.25) is 0 Å². The van der Waals surface area contributed by atoms with Crippen LogP contribution in [0.3, 0.4) is 0 Å². The molecule has 70 heavy (non-hydrogen) atoms. The van der Waals surface area contributed by atoms with Gasteiger partial charge < -0.3 is 18.6 Å². The molecule has 0 aliphatic carbocycles. The van der Waals surface area contributed by atoms with E-state index in [2.05, 4.69) is 252 Å². The van der Waals surface area contributed by atoms with Gasteiger partial charge in [-0.25, -0.2) is 0 Å². The Kier molecular flexibility index (Phi) is 8.33. The van der Waals surface area contributed by atoms with E-state index >= 15 is 0 Å². The summed E-state index contributed by atoms with van der Waals surface area (Å²) in [4.78, 5) is 4.74. The van der Waals surface area contributed by atoms with Gasteiger partial charge >= 0.3 is 0 Å². The zero-order valence-electron chi connectivity index (χ0n) is 37.8. The minimum Gasteiger partial charge on any atom is -0.455 e. The van der Waals surface area contributed by atoms with E-state index in [0.717, 1.165) is 99.5 Å². The normalized spacial score (nSPS) is 12.0. The van der Waals surface area contributed by atoms with Gasteiger partial charge in [-0.05, 0) is 134 Å². The fraction of sp³-hybridized carbons (Fsp3) is 0. The second-order valence-electron chi connectivity index (χ2n) is 18.4. The van der Waals surface area contributed by atoms with Crippen LogP contribution in [0.5, 0.6) is 0 Å². The molecule has 0 aliphatic heterocycles. The molecule has 0 atom stereocenters. The van der Waals surface area contributed by atoms with Crippen molar-refractivity contribution in [2.45, 2.75) is 0 Å². The molecule has 2 heterocycles. The maximum atomic E-state index is 6.83. The third-order valence-corrected chi connectivity index (χ3v) is 14.5. The summed E-state index contributed by atoms with van der Waals surface area (Å²) < 4.78 is 13.7. The van der Waals surface area contributed by atoms with Gasteiger partial charge in [0.15, 0.2) is 0 Å². The Morgan fingerprint density at radius 3 is 1.10 bits per heavy atom. The molecule has 13 aromatic carbocycles. The average Bonchev–Trinajstić information content (AvgIpc) is 3.98. The topological polar surface area (TPSA) is 32.8 Å². The maximum Gasteiger partial charge on any atom is 0.143 e. The number of nitrogens with zero attached hydrogens (tertiary/aromatic N) is 2. The van der Waals surface area contributed by atoms with Crippen LogP contribution in [-0.4, -0.2) is 0 Å². The molecule has 0 saturated carbocycles. The van der Waals surface area contributed by atoms with Gasteiger partial charge in [-0.3, -0.25) is 0 Å². The van der Waals surface area contributed by atoms with E-state index in [1.54, 1.807) is 0 Å². The van der Waals surface area contributed by atoms with Crippen LogP contribution in [0, 0.1) is 0 Å². The third-order valence-electron chi connectivity index (χ3n) is 14.5. The lowest BCUT2D eigenvalue weighted by Crippen LogP contribution is -2.10. The van der Waals surface area contributed by atoms with Crippen LogP contribution in [0.15, 0.2) is 251 Å². The zero-order chi connectivity index (χ0) is 45.9. The van der Waals surface area contributed by atoms with Crippen LogP contribution >= 0.6 is 0 Å². The highest BCUT2D eigenvalue weighted by molar-refractivity contribution is 6.23. The number of fused-ring (bicyclic) bond motifs is 16. The quantitative estimate of drug-likeness (QED) is 0.156. The second-order valence-corrected chi connectivity index (χ2v) is 18.4. The molecule has 0 N–H and O–H groups in total. The molecule has 15 aromatic rings. The fourth-order valence-corrected chi connectivity index (χ4v) is 11.3. The largest absolute Gasteiger partial charge is 0.455 e. The molecular weight excluding hydrogens is 853 g/mol. The molecular formula is C66H40N2O2. The van der Waals surface area contributed by atoms with E-state index in [9.17, 15) is 0 Å². The van der Waals surface area contributed by atoms with E-state index in [1.165, 1.54) is 43.1 Å². The number of furan rings is 2. The molecule has 326 valence electrons. The Balaban J connectivity index is 0.834. The summed E-state index contributed by atoms with van der Waals surface area (Å²) in [6.45, 7) is 0. The van der Waals surface area contributed by atoms with Gasteiger partial charge in [0.05, 0.1) is 11.4 Å². The summed E-state index contributed by atoms with van der Waals surface area (Å²) >= 11 is 0. The fourth-order valence-electron chi connectivity index (χ4n) is 11.3. The lowest BCUT2D eigenvalue weighted by molar-refractivity contribution is 0.660. The van der Waals surface area contributed by atoms with Gasteiger partial charge in [-0.2, -0.15) is 0 Å². The maximum absolute atomic E-state index is 6.83. The smallest absolute Gasteiger partial charge is 0.143 e. The van der Waals surface area contributed by atoms with Gasteiger partial charge in [-0.15, -0.1) is 0 Å². The highest BCUT2D eigenvalue weighted by Crippen LogP contribution is 2.46. The number of hydrogen-bond donors (Lipinski definition) is 0. The molecule has 2 aromatic heterocycles. The number of anilines is 6. The van der Waals surface area contributed by atoms with Crippen molar-refractivity contribution in [1.82, 2.24) is 0 Å². The first kappa shape index (κ1) is 38.7. The first-order valence-corrected chi connectivity index (χ1v) is 23.9. The van der Waals surface area contributed by atoms with Gasteiger partial charge in [0.1, 0.15) is 22.3 Å². The Labute approximate surface area is 402 Å². The molecule has 4 nitrogen and oxygen atoms in total. The summed E-state index contributed by atoms with van der Waals surface area (Å²) in [5.74, 6) is 0. The zero-order valence-corrected chi connectivity index (χ0v) is 37.8. The van der Waals surface area contributed by atoms with Gasteiger partial charge in [-0.1, -0.05) is 146 Å². The Bertz CT molecular complexity index is 4320. The monoisotopic (exact) mass is 892 g/mol. The average molecular weight is 893 g/mol. The summed E-state index contributed by atoms with van der Waals surface area (Å²) in [5.41, 5.74) is 9.97. The molecule has 0 radical (unpaired) electrons. The highest BCUT2D eigenvalue weighted by atomic mass is 16.3. The minimum atomic E-state index is 0.806. The van der Waals surface area contributed by atoms with Crippen molar-refractivity contribution in [3.8, 4) is 0 Å². The van der Waals surface area contributed by atoms with E-state index in [-0.39, 0.29) is 0 Å². The van der Waals surface area contributed by atoms with E-state index < -0.39 is 0 Å². The lowest BCUT2D eigenvalue weighted by Gasteiger charge is -2.27. The molecule has 0 saturated heterocycles. The van der Waals surface area contributed by atoms with Gasteiger partial charge in [0, 0.05) is 71.9 Å².